The zero-order chi connectivity index (χ0) is 11.7. The molecule has 0 fully saturated rings. The number of rotatable bonds is 1. The lowest BCUT2D eigenvalue weighted by Gasteiger charge is -2.20. The number of nitrogens with two attached hydrogens (primary N) is 1. The molecule has 4 heteroatoms. The molecule has 3 nitrogen and oxygen atoms in total. The maximum Gasteiger partial charge on any atom is 0.159 e. The van der Waals surface area contributed by atoms with Crippen LogP contribution in [0.25, 0.3) is 11.4 Å². The third-order valence-electron chi connectivity index (χ3n) is 3.22. The van der Waals surface area contributed by atoms with Crippen molar-refractivity contribution in [3.8, 4) is 11.4 Å². The van der Waals surface area contributed by atoms with E-state index < -0.39 is 0 Å². The third-order valence-corrected chi connectivity index (χ3v) is 3.22. The minimum atomic E-state index is 0. The molecule has 0 bridgehead atoms. The second-order valence-corrected chi connectivity index (χ2v) is 4.53. The van der Waals surface area contributed by atoms with Crippen molar-refractivity contribution in [2.24, 2.45) is 5.73 Å². The highest BCUT2D eigenvalue weighted by molar-refractivity contribution is 5.85. The molecular weight excluding hydrogens is 246 g/mol. The van der Waals surface area contributed by atoms with Gasteiger partial charge in [-0.25, -0.2) is 9.97 Å². The largest absolute Gasteiger partial charge is 0.327 e. The molecule has 0 spiro atoms. The molecule has 1 aromatic heterocycles. The lowest BCUT2D eigenvalue weighted by Crippen LogP contribution is -2.28. The summed E-state index contributed by atoms with van der Waals surface area (Å²) in [6, 6.07) is 10.4. The first-order chi connectivity index (χ1) is 8.33. The number of nitrogens with zero attached hydrogens (tertiary/aromatic N) is 2. The van der Waals surface area contributed by atoms with Crippen LogP contribution in [0, 0.1) is 0 Å². The van der Waals surface area contributed by atoms with E-state index in [2.05, 4.69) is 9.97 Å². The molecule has 2 N–H and O–H groups in total. The van der Waals surface area contributed by atoms with Gasteiger partial charge in [0.1, 0.15) is 0 Å². The molecule has 1 aromatic carbocycles. The van der Waals surface area contributed by atoms with Gasteiger partial charge >= 0.3 is 0 Å². The number of aromatic nitrogens is 2. The molecule has 1 aliphatic carbocycles. The topological polar surface area (TPSA) is 51.8 Å². The second kappa shape index (κ2) is 5.46. The second-order valence-electron chi connectivity index (χ2n) is 4.53. The number of hydrogen-bond acceptors (Lipinski definition) is 3. The summed E-state index contributed by atoms with van der Waals surface area (Å²) in [6.45, 7) is 0. The normalized spacial score (nSPS) is 17.7. The van der Waals surface area contributed by atoms with Crippen LogP contribution in [0.4, 0.5) is 0 Å². The zero-order valence-electron chi connectivity index (χ0n) is 10.0. The summed E-state index contributed by atoms with van der Waals surface area (Å²) in [6.07, 6.45) is 4.84. The van der Waals surface area contributed by atoms with Gasteiger partial charge in [-0.2, -0.15) is 0 Å². The number of fused-ring (bicyclic) bond motifs is 1. The van der Waals surface area contributed by atoms with E-state index in [0.29, 0.717) is 0 Å². The lowest BCUT2D eigenvalue weighted by molar-refractivity contribution is 0.564. The van der Waals surface area contributed by atoms with E-state index in [9.17, 15) is 0 Å². The van der Waals surface area contributed by atoms with Gasteiger partial charge in [-0.05, 0) is 24.8 Å². The van der Waals surface area contributed by atoms with Crippen LogP contribution in [0.5, 0.6) is 0 Å². The molecule has 2 aromatic rings. The minimum Gasteiger partial charge on any atom is -0.327 e. The Bertz CT molecular complexity index is 528. The highest BCUT2D eigenvalue weighted by atomic mass is 35.5. The molecule has 18 heavy (non-hydrogen) atoms. The molecule has 0 radical (unpaired) electrons. The van der Waals surface area contributed by atoms with Gasteiger partial charge < -0.3 is 5.73 Å². The lowest BCUT2D eigenvalue weighted by atomic mass is 9.93. The fourth-order valence-electron chi connectivity index (χ4n) is 2.26. The number of halogens is 1. The van der Waals surface area contributed by atoms with Crippen LogP contribution in [0.2, 0.25) is 0 Å². The van der Waals surface area contributed by atoms with Gasteiger partial charge in [0.05, 0.1) is 0 Å². The monoisotopic (exact) mass is 261 g/mol. The highest BCUT2D eigenvalue weighted by Crippen LogP contribution is 2.21. The first-order valence-corrected chi connectivity index (χ1v) is 5.99. The summed E-state index contributed by atoms with van der Waals surface area (Å²) in [4.78, 5) is 9.08. The van der Waals surface area contributed by atoms with E-state index in [1.165, 1.54) is 11.3 Å². The van der Waals surface area contributed by atoms with Crippen molar-refractivity contribution in [3.05, 3.63) is 47.8 Å². The predicted octanol–water partition coefficient (Wildman–Crippen LogP) is 2.38. The smallest absolute Gasteiger partial charge is 0.159 e. The summed E-state index contributed by atoms with van der Waals surface area (Å²) >= 11 is 0. The summed E-state index contributed by atoms with van der Waals surface area (Å²) in [5.74, 6) is 0.819. The quantitative estimate of drug-likeness (QED) is 0.858. The summed E-state index contributed by atoms with van der Waals surface area (Å²) < 4.78 is 0. The van der Waals surface area contributed by atoms with Crippen LogP contribution in [-0.2, 0) is 12.8 Å². The first-order valence-electron chi connectivity index (χ1n) is 5.99. The van der Waals surface area contributed by atoms with Crippen molar-refractivity contribution in [3.63, 3.8) is 0 Å². The third kappa shape index (κ3) is 2.52. The Morgan fingerprint density at radius 2 is 1.94 bits per heavy atom. The molecule has 94 valence electrons. The van der Waals surface area contributed by atoms with Crippen LogP contribution < -0.4 is 5.73 Å². The Kier molecular flexibility index (Phi) is 3.94. The van der Waals surface area contributed by atoms with Crippen LogP contribution in [0.15, 0.2) is 36.5 Å². The molecule has 0 saturated carbocycles. The van der Waals surface area contributed by atoms with Gasteiger partial charge in [-0.1, -0.05) is 30.3 Å². The van der Waals surface area contributed by atoms with Crippen molar-refractivity contribution in [1.29, 1.82) is 0 Å². The SMILES string of the molecule is Cl.NC1CCc2nc(-c3ccccc3)ncc2C1. The van der Waals surface area contributed by atoms with Gasteiger partial charge in [0.25, 0.3) is 0 Å². The zero-order valence-corrected chi connectivity index (χ0v) is 10.9. The van der Waals surface area contributed by atoms with Crippen molar-refractivity contribution in [2.45, 2.75) is 25.3 Å². The van der Waals surface area contributed by atoms with Crippen molar-refractivity contribution in [2.75, 3.05) is 0 Å². The highest BCUT2D eigenvalue weighted by Gasteiger charge is 2.17. The maximum absolute atomic E-state index is 5.94. The Labute approximate surface area is 113 Å². The van der Waals surface area contributed by atoms with E-state index in [1.807, 2.05) is 36.5 Å². The molecule has 1 heterocycles. The van der Waals surface area contributed by atoms with Crippen molar-refractivity contribution in [1.82, 2.24) is 9.97 Å². The van der Waals surface area contributed by atoms with Gasteiger partial charge in [-0.15, -0.1) is 12.4 Å². The van der Waals surface area contributed by atoms with Crippen LogP contribution in [0.1, 0.15) is 17.7 Å². The molecule has 1 unspecified atom stereocenters. The van der Waals surface area contributed by atoms with Crippen molar-refractivity contribution >= 4 is 12.4 Å². The number of aryl methyl sites for hydroxylation is 1. The van der Waals surface area contributed by atoms with E-state index in [-0.39, 0.29) is 18.4 Å². The summed E-state index contributed by atoms with van der Waals surface area (Å²) in [7, 11) is 0. The van der Waals surface area contributed by atoms with E-state index in [1.54, 1.807) is 0 Å². The first kappa shape index (κ1) is 13.0. The van der Waals surface area contributed by atoms with Crippen molar-refractivity contribution < 1.29 is 0 Å². The Morgan fingerprint density at radius 1 is 1.17 bits per heavy atom. The molecular formula is C14H16ClN3. The van der Waals surface area contributed by atoms with Gasteiger partial charge in [0.2, 0.25) is 0 Å². The summed E-state index contributed by atoms with van der Waals surface area (Å²) in [5, 5.41) is 0. The predicted molar refractivity (Wildman–Crippen MR) is 74.7 cm³/mol. The van der Waals surface area contributed by atoms with E-state index >= 15 is 0 Å². The van der Waals surface area contributed by atoms with Gasteiger partial charge in [0.15, 0.2) is 5.82 Å². The standard InChI is InChI=1S/C14H15N3.ClH/c15-12-6-7-13-11(8-12)9-16-14(17-13)10-4-2-1-3-5-10;/h1-5,9,12H,6-8,15H2;1H. The molecule has 1 aliphatic rings. The van der Waals surface area contributed by atoms with Gasteiger partial charge in [0, 0.05) is 23.5 Å². The van der Waals surface area contributed by atoms with Crippen LogP contribution in [0.3, 0.4) is 0 Å². The van der Waals surface area contributed by atoms with E-state index in [4.69, 9.17) is 5.73 Å². The number of hydrogen-bond donors (Lipinski definition) is 1. The average Bonchev–Trinajstić information content (AvgIpc) is 2.39. The molecule has 0 amide bonds. The van der Waals surface area contributed by atoms with Crippen LogP contribution in [-0.4, -0.2) is 16.0 Å². The van der Waals surface area contributed by atoms with Crippen LogP contribution >= 0.6 is 12.4 Å². The molecule has 3 rings (SSSR count). The molecule has 0 saturated heterocycles. The Morgan fingerprint density at radius 3 is 2.72 bits per heavy atom. The molecule has 0 aliphatic heterocycles. The average molecular weight is 262 g/mol. The number of benzene rings is 1. The van der Waals surface area contributed by atoms with E-state index in [0.717, 1.165) is 30.7 Å². The fraction of sp³-hybridized carbons (Fsp3) is 0.286. The fourth-order valence-corrected chi connectivity index (χ4v) is 2.26. The maximum atomic E-state index is 5.94. The summed E-state index contributed by atoms with van der Waals surface area (Å²) in [5.41, 5.74) is 9.40. The Hall–Kier alpha value is -1.45. The van der Waals surface area contributed by atoms with Gasteiger partial charge in [-0.3, -0.25) is 0 Å². The minimum absolute atomic E-state index is 0. The Balaban J connectivity index is 0.00000120. The molecule has 1 atom stereocenters.